The summed E-state index contributed by atoms with van der Waals surface area (Å²) in [6.45, 7) is 5.25. The SMILES string of the molecule is C.CC[C@@H]1CN(c2ccc(Br)cn2)C(=O)O1.CC[C@@H]1CNC(=O)O1. The number of hydrogen-bond donors (Lipinski definition) is 1. The fourth-order valence-corrected chi connectivity index (χ4v) is 2.34. The number of nitrogens with zero attached hydrogens (tertiary/aromatic N) is 2. The van der Waals surface area contributed by atoms with E-state index in [-0.39, 0.29) is 31.8 Å². The van der Waals surface area contributed by atoms with Gasteiger partial charge in [-0.2, -0.15) is 0 Å². The lowest BCUT2D eigenvalue weighted by Gasteiger charge is -2.10. The van der Waals surface area contributed by atoms with E-state index in [2.05, 4.69) is 26.2 Å². The molecule has 2 atom stereocenters. The number of pyridine rings is 1. The van der Waals surface area contributed by atoms with Crippen molar-refractivity contribution in [1.82, 2.24) is 10.3 Å². The number of anilines is 1. The molecule has 1 aromatic rings. The van der Waals surface area contributed by atoms with Crippen molar-refractivity contribution < 1.29 is 19.1 Å². The van der Waals surface area contributed by atoms with Gasteiger partial charge >= 0.3 is 12.2 Å². The predicted molar refractivity (Wildman–Crippen MR) is 95.1 cm³/mol. The fourth-order valence-electron chi connectivity index (χ4n) is 2.11. The van der Waals surface area contributed by atoms with Gasteiger partial charge in [-0.1, -0.05) is 21.3 Å². The lowest BCUT2D eigenvalue weighted by molar-refractivity contribution is 0.138. The van der Waals surface area contributed by atoms with Crippen LogP contribution in [0.25, 0.3) is 0 Å². The smallest absolute Gasteiger partial charge is 0.415 e. The van der Waals surface area contributed by atoms with Crippen LogP contribution in [0.2, 0.25) is 0 Å². The van der Waals surface area contributed by atoms with Crippen LogP contribution in [0.5, 0.6) is 0 Å². The second-order valence-electron chi connectivity index (χ2n) is 5.18. The number of cyclic esters (lactones) is 2. The highest BCUT2D eigenvalue weighted by Crippen LogP contribution is 2.21. The van der Waals surface area contributed by atoms with Gasteiger partial charge in [0.2, 0.25) is 0 Å². The number of hydrogen-bond acceptors (Lipinski definition) is 5. The van der Waals surface area contributed by atoms with E-state index in [1.165, 1.54) is 0 Å². The minimum absolute atomic E-state index is 0. The molecule has 2 amide bonds. The number of nitrogens with one attached hydrogen (secondary N) is 1. The molecule has 8 heteroatoms. The quantitative estimate of drug-likeness (QED) is 0.834. The van der Waals surface area contributed by atoms with Crippen molar-refractivity contribution in [2.45, 2.75) is 46.3 Å². The lowest BCUT2D eigenvalue weighted by Crippen LogP contribution is -2.25. The Morgan fingerprint density at radius 3 is 2.38 bits per heavy atom. The maximum atomic E-state index is 11.5. The molecule has 7 nitrogen and oxygen atoms in total. The molecule has 24 heavy (non-hydrogen) atoms. The summed E-state index contributed by atoms with van der Waals surface area (Å²) in [5.74, 6) is 0.638. The number of amides is 2. The third kappa shape index (κ3) is 5.36. The zero-order valence-corrected chi connectivity index (χ0v) is 14.7. The van der Waals surface area contributed by atoms with Gasteiger partial charge < -0.3 is 14.8 Å². The molecule has 3 heterocycles. The van der Waals surface area contributed by atoms with Crippen molar-refractivity contribution in [3.63, 3.8) is 0 Å². The molecule has 0 radical (unpaired) electrons. The molecular weight excluding hydrogens is 378 g/mol. The first kappa shape index (κ1) is 20.2. The van der Waals surface area contributed by atoms with Crippen molar-refractivity contribution in [2.75, 3.05) is 18.0 Å². The van der Waals surface area contributed by atoms with Crippen molar-refractivity contribution in [2.24, 2.45) is 0 Å². The Hall–Kier alpha value is -1.83. The second-order valence-corrected chi connectivity index (χ2v) is 6.09. The van der Waals surface area contributed by atoms with Crippen molar-refractivity contribution in [3.8, 4) is 0 Å². The zero-order chi connectivity index (χ0) is 16.8. The summed E-state index contributed by atoms with van der Waals surface area (Å²) in [6, 6.07) is 3.65. The van der Waals surface area contributed by atoms with E-state index in [0.717, 1.165) is 17.3 Å². The van der Waals surface area contributed by atoms with Crippen molar-refractivity contribution >= 4 is 33.9 Å². The van der Waals surface area contributed by atoms with E-state index in [4.69, 9.17) is 9.47 Å². The molecule has 3 rings (SSSR count). The molecule has 1 N–H and O–H groups in total. The van der Waals surface area contributed by atoms with Gasteiger partial charge in [0, 0.05) is 10.7 Å². The summed E-state index contributed by atoms with van der Waals surface area (Å²) in [6.07, 6.45) is 2.92. The Labute approximate surface area is 150 Å². The third-order valence-electron chi connectivity index (χ3n) is 3.52. The molecule has 0 unspecified atom stereocenters. The van der Waals surface area contributed by atoms with Crippen LogP contribution in [0.3, 0.4) is 0 Å². The maximum Gasteiger partial charge on any atom is 0.415 e. The van der Waals surface area contributed by atoms with E-state index in [0.29, 0.717) is 18.9 Å². The minimum atomic E-state index is -0.309. The van der Waals surface area contributed by atoms with Crippen LogP contribution >= 0.6 is 15.9 Å². The maximum absolute atomic E-state index is 11.5. The van der Waals surface area contributed by atoms with Crippen LogP contribution in [-0.4, -0.2) is 42.5 Å². The van der Waals surface area contributed by atoms with Crippen LogP contribution in [-0.2, 0) is 9.47 Å². The van der Waals surface area contributed by atoms with E-state index < -0.39 is 0 Å². The summed E-state index contributed by atoms with van der Waals surface area (Å²) in [5.41, 5.74) is 0. The third-order valence-corrected chi connectivity index (χ3v) is 3.99. The molecule has 0 bridgehead atoms. The van der Waals surface area contributed by atoms with Crippen LogP contribution in [0, 0.1) is 0 Å². The number of alkyl carbamates (subject to hydrolysis) is 1. The topological polar surface area (TPSA) is 80.8 Å². The van der Waals surface area contributed by atoms with Gasteiger partial charge in [-0.25, -0.2) is 14.6 Å². The Balaban J connectivity index is 0.000000273. The molecule has 0 saturated carbocycles. The van der Waals surface area contributed by atoms with Crippen LogP contribution < -0.4 is 10.2 Å². The first-order valence-corrected chi connectivity index (χ1v) is 8.37. The highest BCUT2D eigenvalue weighted by atomic mass is 79.9. The Morgan fingerprint density at radius 2 is 1.96 bits per heavy atom. The molecule has 134 valence electrons. The van der Waals surface area contributed by atoms with Gasteiger partial charge in [0.15, 0.2) is 0 Å². The monoisotopic (exact) mass is 401 g/mol. The molecule has 0 aromatic carbocycles. The fraction of sp³-hybridized carbons (Fsp3) is 0.562. The van der Waals surface area contributed by atoms with Gasteiger partial charge in [-0.05, 0) is 40.9 Å². The summed E-state index contributed by atoms with van der Waals surface area (Å²) >= 11 is 3.30. The number of aromatic nitrogens is 1. The van der Waals surface area contributed by atoms with E-state index in [1.807, 2.05) is 19.9 Å². The lowest BCUT2D eigenvalue weighted by atomic mass is 10.3. The molecule has 0 aliphatic carbocycles. The molecular formula is C16H24BrN3O4. The van der Waals surface area contributed by atoms with Crippen LogP contribution in [0.15, 0.2) is 22.8 Å². The average molecular weight is 402 g/mol. The summed E-state index contributed by atoms with van der Waals surface area (Å²) in [7, 11) is 0. The number of carbonyl (C=O) groups is 2. The molecule has 0 spiro atoms. The van der Waals surface area contributed by atoms with Gasteiger partial charge in [0.25, 0.3) is 0 Å². The summed E-state index contributed by atoms with van der Waals surface area (Å²) in [4.78, 5) is 27.5. The zero-order valence-electron chi connectivity index (χ0n) is 13.1. The summed E-state index contributed by atoms with van der Waals surface area (Å²) in [5, 5.41) is 2.56. The Morgan fingerprint density at radius 1 is 1.25 bits per heavy atom. The first-order chi connectivity index (χ1) is 11.0. The largest absolute Gasteiger partial charge is 0.444 e. The first-order valence-electron chi connectivity index (χ1n) is 7.57. The molecule has 2 saturated heterocycles. The molecule has 2 aliphatic heterocycles. The highest BCUT2D eigenvalue weighted by molar-refractivity contribution is 9.10. The van der Waals surface area contributed by atoms with E-state index in [1.54, 1.807) is 17.2 Å². The van der Waals surface area contributed by atoms with E-state index in [9.17, 15) is 9.59 Å². The Bertz CT molecular complexity index is 553. The normalized spacial score (nSPS) is 21.9. The molecule has 2 fully saturated rings. The van der Waals surface area contributed by atoms with Crippen LogP contribution in [0.1, 0.15) is 34.1 Å². The highest BCUT2D eigenvalue weighted by Gasteiger charge is 2.31. The standard InChI is InChI=1S/C10H11BrN2O2.C5H9NO2.CH4/c1-2-8-6-13(10(14)15-8)9-4-3-7(11)5-12-9;1-2-4-3-6-5(7)8-4;/h3-5,8H,2,6H2,1H3;4H,2-3H2,1H3,(H,6,7);1H4/t8-;4-;/m11./s1. The van der Waals surface area contributed by atoms with Crippen LogP contribution in [0.4, 0.5) is 15.4 Å². The Kier molecular flexibility index (Phi) is 7.97. The van der Waals surface area contributed by atoms with Gasteiger partial charge in [-0.3, -0.25) is 4.90 Å². The summed E-state index contributed by atoms with van der Waals surface area (Å²) < 4.78 is 10.8. The average Bonchev–Trinajstić information content (AvgIpc) is 3.14. The van der Waals surface area contributed by atoms with Gasteiger partial charge in [0.1, 0.15) is 18.0 Å². The number of carbonyl (C=O) groups excluding carboxylic acids is 2. The van der Waals surface area contributed by atoms with Crippen molar-refractivity contribution in [3.05, 3.63) is 22.8 Å². The number of ether oxygens (including phenoxy) is 2. The van der Waals surface area contributed by atoms with Crippen molar-refractivity contribution in [1.29, 1.82) is 0 Å². The van der Waals surface area contributed by atoms with Gasteiger partial charge in [-0.15, -0.1) is 0 Å². The van der Waals surface area contributed by atoms with E-state index >= 15 is 0 Å². The molecule has 2 aliphatic rings. The minimum Gasteiger partial charge on any atom is -0.444 e. The molecule has 1 aromatic heterocycles. The predicted octanol–water partition coefficient (Wildman–Crippen LogP) is 3.72. The second kappa shape index (κ2) is 9.46. The number of rotatable bonds is 3. The number of halogens is 1. The van der Waals surface area contributed by atoms with Gasteiger partial charge in [0.05, 0.1) is 13.1 Å².